The predicted molar refractivity (Wildman–Crippen MR) is 64.1 cm³/mol. The first-order chi connectivity index (χ1) is 7.11. The van der Waals surface area contributed by atoms with Gasteiger partial charge in [0.15, 0.2) is 12.1 Å². The topological polar surface area (TPSA) is 34.1 Å². The van der Waals surface area contributed by atoms with Crippen molar-refractivity contribution in [2.24, 2.45) is 0 Å². The van der Waals surface area contributed by atoms with E-state index in [1.54, 1.807) is 25.1 Å². The fourth-order valence-corrected chi connectivity index (χ4v) is 1.78. The molecule has 1 aromatic rings. The Hall–Kier alpha value is -0.670. The number of Topliss-reactive ketones (excluding diaryl/α,β-unsaturated/α-hetero) is 1. The zero-order valence-corrected chi connectivity index (χ0v) is 10.5. The summed E-state index contributed by atoms with van der Waals surface area (Å²) in [5.74, 6) is 0.107. The first-order valence-corrected chi connectivity index (χ1v) is 5.88. The van der Waals surface area contributed by atoms with Gasteiger partial charge in [-0.25, -0.2) is 0 Å². The Morgan fingerprint density at radius 3 is 2.73 bits per heavy atom. The lowest BCUT2D eigenvalue weighted by atomic mass is 9.97. The first kappa shape index (κ1) is 12.4. The van der Waals surface area contributed by atoms with Gasteiger partial charge in [0.1, 0.15) is 0 Å². The first-order valence-electron chi connectivity index (χ1n) is 4.43. The number of ketones is 1. The number of alkyl halides is 2. The summed E-state index contributed by atoms with van der Waals surface area (Å²) in [7, 11) is 0. The molecule has 0 aromatic heterocycles. The fraction of sp³-hybridized carbons (Fsp3) is 0.273. The van der Waals surface area contributed by atoms with Gasteiger partial charge < -0.3 is 0 Å². The van der Waals surface area contributed by atoms with Crippen LogP contribution in [-0.4, -0.2) is 16.9 Å². The average molecular weight is 290 g/mol. The third-order valence-corrected chi connectivity index (χ3v) is 2.77. The van der Waals surface area contributed by atoms with Crippen LogP contribution in [0, 0.1) is 0 Å². The highest BCUT2D eigenvalue weighted by molar-refractivity contribution is 9.10. The Morgan fingerprint density at radius 2 is 2.27 bits per heavy atom. The van der Waals surface area contributed by atoms with Crippen LogP contribution in [0.1, 0.15) is 33.2 Å². The van der Waals surface area contributed by atoms with Crippen molar-refractivity contribution < 1.29 is 9.59 Å². The van der Waals surface area contributed by atoms with Crippen molar-refractivity contribution >= 4 is 39.6 Å². The molecule has 0 amide bonds. The molecule has 1 aromatic carbocycles. The molecule has 0 aliphatic rings. The third-order valence-electron chi connectivity index (χ3n) is 2.06. The van der Waals surface area contributed by atoms with Crippen LogP contribution in [-0.2, 0) is 5.88 Å². The summed E-state index contributed by atoms with van der Waals surface area (Å²) < 4.78 is 0. The van der Waals surface area contributed by atoms with Gasteiger partial charge in [0, 0.05) is 17.0 Å². The molecule has 0 spiro atoms. The molecule has 4 heteroatoms. The lowest BCUT2D eigenvalue weighted by Crippen LogP contribution is -2.15. The normalized spacial score (nSPS) is 12.2. The standard InChI is InChI=1S/C11H10BrClO2/c1-7(12)11(15)10-8(5-13)3-2-4-9(10)6-14/h2-4,6-7H,5H2,1H3. The van der Waals surface area contributed by atoms with Crippen LogP contribution in [0.2, 0.25) is 0 Å². The number of hydrogen-bond donors (Lipinski definition) is 0. The Kier molecular flexibility index (Phi) is 4.48. The predicted octanol–water partition coefficient (Wildman–Crippen LogP) is 3.20. The highest BCUT2D eigenvalue weighted by atomic mass is 79.9. The summed E-state index contributed by atoms with van der Waals surface area (Å²) in [6.45, 7) is 1.72. The van der Waals surface area contributed by atoms with E-state index in [0.29, 0.717) is 23.0 Å². The molecule has 0 heterocycles. The van der Waals surface area contributed by atoms with Gasteiger partial charge in [-0.1, -0.05) is 34.1 Å². The highest BCUT2D eigenvalue weighted by Crippen LogP contribution is 2.20. The van der Waals surface area contributed by atoms with Crippen molar-refractivity contribution in [1.82, 2.24) is 0 Å². The summed E-state index contributed by atoms with van der Waals surface area (Å²) in [5, 5.41) is 0. The molecule has 1 rings (SSSR count). The molecular weight excluding hydrogens is 279 g/mol. The van der Waals surface area contributed by atoms with Crippen LogP contribution in [0.3, 0.4) is 0 Å². The quantitative estimate of drug-likeness (QED) is 0.484. The van der Waals surface area contributed by atoms with E-state index in [9.17, 15) is 9.59 Å². The number of carbonyl (C=O) groups is 2. The molecule has 0 saturated heterocycles. The maximum Gasteiger partial charge on any atom is 0.177 e. The fourth-order valence-electron chi connectivity index (χ4n) is 1.33. The Balaban J connectivity index is 3.34. The number of halogens is 2. The summed E-state index contributed by atoms with van der Waals surface area (Å²) in [6, 6.07) is 5.09. The van der Waals surface area contributed by atoms with E-state index in [1.807, 2.05) is 0 Å². The van der Waals surface area contributed by atoms with Crippen molar-refractivity contribution in [3.63, 3.8) is 0 Å². The van der Waals surface area contributed by atoms with Crippen molar-refractivity contribution in [2.75, 3.05) is 0 Å². The van der Waals surface area contributed by atoms with Gasteiger partial charge in [0.25, 0.3) is 0 Å². The SMILES string of the molecule is CC(Br)C(=O)c1c(C=O)cccc1CCl. The van der Waals surface area contributed by atoms with Gasteiger partial charge in [0.2, 0.25) is 0 Å². The summed E-state index contributed by atoms with van der Waals surface area (Å²) in [6.07, 6.45) is 0.679. The maximum atomic E-state index is 11.8. The second kappa shape index (κ2) is 5.42. The van der Waals surface area contributed by atoms with E-state index in [4.69, 9.17) is 11.6 Å². The molecule has 0 N–H and O–H groups in total. The number of aldehydes is 1. The van der Waals surface area contributed by atoms with Gasteiger partial charge in [-0.2, -0.15) is 0 Å². The van der Waals surface area contributed by atoms with Crippen LogP contribution >= 0.6 is 27.5 Å². The molecule has 2 nitrogen and oxygen atoms in total. The number of rotatable bonds is 4. The van der Waals surface area contributed by atoms with Crippen LogP contribution < -0.4 is 0 Å². The highest BCUT2D eigenvalue weighted by Gasteiger charge is 2.18. The van der Waals surface area contributed by atoms with Crippen LogP contribution in [0.4, 0.5) is 0 Å². The van der Waals surface area contributed by atoms with Gasteiger partial charge >= 0.3 is 0 Å². The molecule has 15 heavy (non-hydrogen) atoms. The summed E-state index contributed by atoms with van der Waals surface area (Å²) >= 11 is 8.92. The van der Waals surface area contributed by atoms with Crippen LogP contribution in [0.25, 0.3) is 0 Å². The monoisotopic (exact) mass is 288 g/mol. The van der Waals surface area contributed by atoms with E-state index in [1.165, 1.54) is 0 Å². The third kappa shape index (κ3) is 2.67. The average Bonchev–Trinajstić information content (AvgIpc) is 2.26. The zero-order chi connectivity index (χ0) is 11.4. The minimum atomic E-state index is -0.319. The molecule has 1 atom stereocenters. The molecule has 80 valence electrons. The molecular formula is C11H10BrClO2. The molecule has 0 saturated carbocycles. The lowest BCUT2D eigenvalue weighted by molar-refractivity contribution is 0.0988. The number of hydrogen-bond acceptors (Lipinski definition) is 2. The Bertz CT molecular complexity index is 388. The Morgan fingerprint density at radius 1 is 1.60 bits per heavy atom. The van der Waals surface area contributed by atoms with Crippen LogP contribution in [0.5, 0.6) is 0 Å². The Labute approximate surface area is 102 Å². The van der Waals surface area contributed by atoms with Gasteiger partial charge in [-0.05, 0) is 12.5 Å². The van der Waals surface area contributed by atoms with E-state index in [0.717, 1.165) is 0 Å². The summed E-state index contributed by atoms with van der Waals surface area (Å²) in [5.41, 5.74) is 1.51. The van der Waals surface area contributed by atoms with Crippen molar-refractivity contribution in [3.05, 3.63) is 34.9 Å². The van der Waals surface area contributed by atoms with Gasteiger partial charge in [0.05, 0.1) is 4.83 Å². The van der Waals surface area contributed by atoms with Crippen molar-refractivity contribution in [1.29, 1.82) is 0 Å². The lowest BCUT2D eigenvalue weighted by Gasteiger charge is -2.10. The summed E-state index contributed by atoms with van der Waals surface area (Å²) in [4.78, 5) is 22.3. The van der Waals surface area contributed by atoms with Crippen LogP contribution in [0.15, 0.2) is 18.2 Å². The zero-order valence-electron chi connectivity index (χ0n) is 8.17. The molecule has 1 unspecified atom stereocenters. The number of benzene rings is 1. The molecule has 0 radical (unpaired) electrons. The maximum absolute atomic E-state index is 11.8. The second-order valence-corrected chi connectivity index (χ2v) is 4.75. The molecule has 0 aliphatic carbocycles. The molecule has 0 aliphatic heterocycles. The number of carbonyl (C=O) groups excluding carboxylic acids is 2. The minimum Gasteiger partial charge on any atom is -0.298 e. The molecule has 0 bridgehead atoms. The van der Waals surface area contributed by atoms with Gasteiger partial charge in [-0.3, -0.25) is 9.59 Å². The van der Waals surface area contributed by atoms with Crippen molar-refractivity contribution in [3.8, 4) is 0 Å². The van der Waals surface area contributed by atoms with E-state index in [2.05, 4.69) is 15.9 Å². The van der Waals surface area contributed by atoms with E-state index >= 15 is 0 Å². The van der Waals surface area contributed by atoms with Crippen molar-refractivity contribution in [2.45, 2.75) is 17.6 Å². The molecule has 0 fully saturated rings. The van der Waals surface area contributed by atoms with E-state index < -0.39 is 0 Å². The minimum absolute atomic E-state index is 0.117. The van der Waals surface area contributed by atoms with E-state index in [-0.39, 0.29) is 16.5 Å². The van der Waals surface area contributed by atoms with Gasteiger partial charge in [-0.15, -0.1) is 11.6 Å². The smallest absolute Gasteiger partial charge is 0.177 e. The second-order valence-electron chi connectivity index (χ2n) is 3.11. The largest absolute Gasteiger partial charge is 0.298 e.